The Labute approximate surface area is 157 Å². The van der Waals surface area contributed by atoms with Crippen molar-refractivity contribution in [3.8, 4) is 0 Å². The molecular formula is C18H19ClN2O4S. The molecule has 1 aliphatic rings. The van der Waals surface area contributed by atoms with E-state index in [4.69, 9.17) is 16.3 Å². The first-order chi connectivity index (χ1) is 12.4. The zero-order valence-electron chi connectivity index (χ0n) is 14.2. The number of carbonyl (C=O) groups excluding carboxylic acids is 1. The molecule has 6 nitrogen and oxygen atoms in total. The number of rotatable bonds is 4. The minimum Gasteiger partial charge on any atom is -0.379 e. The topological polar surface area (TPSA) is 75.7 Å². The van der Waals surface area contributed by atoms with Crippen LogP contribution in [0.2, 0.25) is 5.02 Å². The fraction of sp³-hybridized carbons (Fsp3) is 0.278. The van der Waals surface area contributed by atoms with Crippen LogP contribution in [0.3, 0.4) is 0 Å². The van der Waals surface area contributed by atoms with E-state index in [1.165, 1.54) is 28.6 Å². The lowest BCUT2D eigenvalue weighted by Crippen LogP contribution is -2.40. The molecule has 138 valence electrons. The summed E-state index contributed by atoms with van der Waals surface area (Å²) in [7, 11) is -3.57. The van der Waals surface area contributed by atoms with Crippen LogP contribution >= 0.6 is 11.6 Å². The van der Waals surface area contributed by atoms with Crippen molar-refractivity contribution in [2.45, 2.75) is 11.8 Å². The Morgan fingerprint density at radius 1 is 1.12 bits per heavy atom. The van der Waals surface area contributed by atoms with Crippen LogP contribution in [-0.2, 0) is 14.8 Å². The maximum absolute atomic E-state index is 12.6. The van der Waals surface area contributed by atoms with Gasteiger partial charge in [0.05, 0.1) is 18.1 Å². The predicted octanol–water partition coefficient (Wildman–Crippen LogP) is 2.92. The highest BCUT2D eigenvalue weighted by molar-refractivity contribution is 7.89. The number of sulfonamides is 1. The number of hydrogen-bond donors (Lipinski definition) is 1. The summed E-state index contributed by atoms with van der Waals surface area (Å²) in [5.41, 5.74) is 1.76. The molecule has 0 radical (unpaired) electrons. The van der Waals surface area contributed by atoms with E-state index in [0.717, 1.165) is 5.56 Å². The van der Waals surface area contributed by atoms with Crippen LogP contribution in [0.5, 0.6) is 0 Å². The van der Waals surface area contributed by atoms with Crippen molar-refractivity contribution in [2.75, 3.05) is 31.6 Å². The van der Waals surface area contributed by atoms with E-state index >= 15 is 0 Å². The number of carbonyl (C=O) groups is 1. The van der Waals surface area contributed by atoms with Crippen LogP contribution in [0.1, 0.15) is 15.9 Å². The van der Waals surface area contributed by atoms with Crippen molar-refractivity contribution in [1.29, 1.82) is 0 Å². The first-order valence-corrected chi connectivity index (χ1v) is 9.96. The Morgan fingerprint density at radius 2 is 1.77 bits per heavy atom. The number of nitrogens with zero attached hydrogens (tertiary/aromatic N) is 1. The molecule has 1 aliphatic heterocycles. The number of hydrogen-bond acceptors (Lipinski definition) is 4. The Hall–Kier alpha value is -1.93. The number of anilines is 1. The van der Waals surface area contributed by atoms with Crippen molar-refractivity contribution in [3.05, 3.63) is 58.6 Å². The van der Waals surface area contributed by atoms with Crippen molar-refractivity contribution in [3.63, 3.8) is 0 Å². The van der Waals surface area contributed by atoms with Gasteiger partial charge >= 0.3 is 0 Å². The molecule has 2 aromatic rings. The standard InChI is InChI=1S/C18H19ClN2O4S/c1-13-16(19)3-2-4-17(13)20-18(22)14-5-7-15(8-6-14)26(23,24)21-9-11-25-12-10-21/h2-8H,9-12H2,1H3,(H,20,22). The summed E-state index contributed by atoms with van der Waals surface area (Å²) in [5.74, 6) is -0.328. The minimum atomic E-state index is -3.57. The lowest BCUT2D eigenvalue weighted by atomic mass is 10.1. The molecule has 0 aliphatic carbocycles. The fourth-order valence-corrected chi connectivity index (χ4v) is 4.23. The summed E-state index contributed by atoms with van der Waals surface area (Å²) >= 11 is 6.06. The van der Waals surface area contributed by atoms with E-state index < -0.39 is 10.0 Å². The molecule has 26 heavy (non-hydrogen) atoms. The van der Waals surface area contributed by atoms with Gasteiger partial charge in [0.25, 0.3) is 5.91 Å². The molecule has 0 bridgehead atoms. The van der Waals surface area contributed by atoms with Gasteiger partial charge in [-0.2, -0.15) is 4.31 Å². The summed E-state index contributed by atoms with van der Waals surface area (Å²) in [6.45, 7) is 3.25. The average molecular weight is 395 g/mol. The molecule has 0 atom stereocenters. The van der Waals surface area contributed by atoms with Crippen LogP contribution in [0.15, 0.2) is 47.4 Å². The molecule has 8 heteroatoms. The van der Waals surface area contributed by atoms with Crippen molar-refractivity contribution < 1.29 is 17.9 Å². The average Bonchev–Trinajstić information content (AvgIpc) is 2.66. The molecule has 0 aromatic heterocycles. The third-order valence-corrected chi connectivity index (χ3v) is 6.56. The summed E-state index contributed by atoms with van der Waals surface area (Å²) < 4.78 is 31.8. The number of nitrogens with one attached hydrogen (secondary N) is 1. The minimum absolute atomic E-state index is 0.162. The molecular weight excluding hydrogens is 376 g/mol. The largest absolute Gasteiger partial charge is 0.379 e. The van der Waals surface area contributed by atoms with Gasteiger partial charge in [-0.1, -0.05) is 17.7 Å². The zero-order chi connectivity index (χ0) is 18.7. The second-order valence-corrected chi connectivity index (χ2v) is 8.25. The molecule has 1 N–H and O–H groups in total. The van der Waals surface area contributed by atoms with E-state index in [1.54, 1.807) is 18.2 Å². The third kappa shape index (κ3) is 3.91. The van der Waals surface area contributed by atoms with E-state index in [9.17, 15) is 13.2 Å². The van der Waals surface area contributed by atoms with Crippen molar-refractivity contribution in [1.82, 2.24) is 4.31 Å². The van der Waals surface area contributed by atoms with Gasteiger partial charge in [-0.05, 0) is 48.9 Å². The molecule has 1 amide bonds. The van der Waals surface area contributed by atoms with Gasteiger partial charge in [0.15, 0.2) is 0 Å². The number of morpholine rings is 1. The number of ether oxygens (including phenoxy) is 1. The molecule has 0 spiro atoms. The summed E-state index contributed by atoms with van der Waals surface area (Å²) in [5, 5.41) is 3.35. The molecule has 1 saturated heterocycles. The number of benzene rings is 2. The first kappa shape index (κ1) is 18.8. The highest BCUT2D eigenvalue weighted by Crippen LogP contribution is 2.24. The Morgan fingerprint density at radius 3 is 2.42 bits per heavy atom. The van der Waals surface area contributed by atoms with Crippen LogP contribution in [0, 0.1) is 6.92 Å². The third-order valence-electron chi connectivity index (χ3n) is 4.24. The molecule has 1 heterocycles. The van der Waals surface area contributed by atoms with Gasteiger partial charge < -0.3 is 10.1 Å². The molecule has 0 saturated carbocycles. The van der Waals surface area contributed by atoms with Gasteiger partial charge in [0.1, 0.15) is 0 Å². The maximum Gasteiger partial charge on any atom is 0.255 e. The maximum atomic E-state index is 12.6. The van der Waals surface area contributed by atoms with Gasteiger partial charge in [-0.25, -0.2) is 8.42 Å². The number of halogens is 1. The molecule has 2 aromatic carbocycles. The highest BCUT2D eigenvalue weighted by Gasteiger charge is 2.26. The van der Waals surface area contributed by atoms with E-state index in [-0.39, 0.29) is 10.8 Å². The Bertz CT molecular complexity index is 907. The Balaban J connectivity index is 1.76. The smallest absolute Gasteiger partial charge is 0.255 e. The predicted molar refractivity (Wildman–Crippen MR) is 100 cm³/mol. The highest BCUT2D eigenvalue weighted by atomic mass is 35.5. The summed E-state index contributed by atoms with van der Waals surface area (Å²) in [4.78, 5) is 12.6. The summed E-state index contributed by atoms with van der Waals surface area (Å²) in [6.07, 6.45) is 0. The van der Waals surface area contributed by atoms with Crippen molar-refractivity contribution >= 4 is 33.2 Å². The van der Waals surface area contributed by atoms with Crippen LogP contribution < -0.4 is 5.32 Å². The second kappa shape index (κ2) is 7.75. The van der Waals surface area contributed by atoms with Crippen molar-refractivity contribution in [2.24, 2.45) is 0 Å². The molecule has 0 unspecified atom stereocenters. The van der Waals surface area contributed by atoms with Crippen LogP contribution in [0.25, 0.3) is 0 Å². The SMILES string of the molecule is Cc1c(Cl)cccc1NC(=O)c1ccc(S(=O)(=O)N2CCOCC2)cc1. The zero-order valence-corrected chi connectivity index (χ0v) is 15.8. The number of amides is 1. The van der Waals surface area contributed by atoms with E-state index in [2.05, 4.69) is 5.32 Å². The van der Waals surface area contributed by atoms with Gasteiger partial charge in [-0.3, -0.25) is 4.79 Å². The second-order valence-electron chi connectivity index (χ2n) is 5.91. The van der Waals surface area contributed by atoms with E-state index in [0.29, 0.717) is 42.6 Å². The molecule has 1 fully saturated rings. The van der Waals surface area contributed by atoms with Crippen LogP contribution in [0.4, 0.5) is 5.69 Å². The van der Waals surface area contributed by atoms with Gasteiger partial charge in [0, 0.05) is 29.4 Å². The summed E-state index contributed by atoms with van der Waals surface area (Å²) in [6, 6.07) is 11.2. The van der Waals surface area contributed by atoms with E-state index in [1.807, 2.05) is 6.92 Å². The Kier molecular flexibility index (Phi) is 5.62. The fourth-order valence-electron chi connectivity index (χ4n) is 2.65. The van der Waals surface area contributed by atoms with Gasteiger partial charge in [-0.15, -0.1) is 0 Å². The lowest BCUT2D eigenvalue weighted by molar-refractivity contribution is 0.0730. The lowest BCUT2D eigenvalue weighted by Gasteiger charge is -2.26. The van der Waals surface area contributed by atoms with Gasteiger partial charge in [0.2, 0.25) is 10.0 Å². The monoisotopic (exact) mass is 394 g/mol. The first-order valence-electron chi connectivity index (χ1n) is 8.14. The molecule has 3 rings (SSSR count). The normalized spacial score (nSPS) is 15.6. The quantitative estimate of drug-likeness (QED) is 0.865. The van der Waals surface area contributed by atoms with Crippen LogP contribution in [-0.4, -0.2) is 44.9 Å².